The number of aryl methyl sites for hydroxylation is 2. The quantitative estimate of drug-likeness (QED) is 0.687. The number of amides is 3. The van der Waals surface area contributed by atoms with Crippen LogP contribution in [0.25, 0.3) is 0 Å². The number of hydrogen-bond donors (Lipinski definition) is 1. The molecule has 1 aliphatic carbocycles. The van der Waals surface area contributed by atoms with Crippen molar-refractivity contribution < 1.29 is 14.3 Å². The van der Waals surface area contributed by atoms with E-state index < -0.39 is 0 Å². The summed E-state index contributed by atoms with van der Waals surface area (Å²) >= 11 is 0. The molecule has 3 amide bonds. The maximum absolute atomic E-state index is 13.2. The predicted molar refractivity (Wildman–Crippen MR) is 117 cm³/mol. The SMILES string of the molecule is COCCN(CC(=O)N(Cc1cccn1C)C1CC1)C(=O)Nc1cccc(C)c1C. The monoisotopic (exact) mass is 412 g/mol. The van der Waals surface area contributed by atoms with E-state index in [1.807, 2.05) is 66.9 Å². The van der Waals surface area contributed by atoms with Gasteiger partial charge in [-0.1, -0.05) is 12.1 Å². The normalized spacial score (nSPS) is 13.2. The van der Waals surface area contributed by atoms with E-state index in [0.717, 1.165) is 35.3 Å². The predicted octanol–water partition coefficient (Wildman–Crippen LogP) is 3.31. The van der Waals surface area contributed by atoms with Crippen molar-refractivity contribution >= 4 is 17.6 Å². The first-order valence-electron chi connectivity index (χ1n) is 10.4. The zero-order chi connectivity index (χ0) is 21.7. The number of carbonyl (C=O) groups excluding carboxylic acids is 2. The van der Waals surface area contributed by atoms with Crippen LogP contribution in [0.3, 0.4) is 0 Å². The van der Waals surface area contributed by atoms with Crippen molar-refractivity contribution in [1.82, 2.24) is 14.4 Å². The van der Waals surface area contributed by atoms with Gasteiger partial charge < -0.3 is 24.4 Å². The van der Waals surface area contributed by atoms with E-state index in [1.165, 1.54) is 4.90 Å². The summed E-state index contributed by atoms with van der Waals surface area (Å²) in [7, 11) is 3.57. The van der Waals surface area contributed by atoms with Gasteiger partial charge in [-0.2, -0.15) is 0 Å². The molecule has 1 heterocycles. The van der Waals surface area contributed by atoms with Gasteiger partial charge in [0.25, 0.3) is 0 Å². The van der Waals surface area contributed by atoms with E-state index in [1.54, 1.807) is 7.11 Å². The molecule has 7 heteroatoms. The molecule has 1 fully saturated rings. The first-order chi connectivity index (χ1) is 14.4. The second-order valence-electron chi connectivity index (χ2n) is 7.96. The highest BCUT2D eigenvalue weighted by atomic mass is 16.5. The molecule has 1 saturated carbocycles. The van der Waals surface area contributed by atoms with Gasteiger partial charge >= 0.3 is 6.03 Å². The Morgan fingerprint density at radius 2 is 1.97 bits per heavy atom. The Kier molecular flexibility index (Phi) is 7.15. The van der Waals surface area contributed by atoms with Gasteiger partial charge in [0, 0.05) is 44.3 Å². The molecule has 0 spiro atoms. The van der Waals surface area contributed by atoms with Gasteiger partial charge in [-0.3, -0.25) is 4.79 Å². The molecule has 0 bridgehead atoms. The third-order valence-corrected chi connectivity index (χ3v) is 5.72. The van der Waals surface area contributed by atoms with Crippen molar-refractivity contribution in [2.24, 2.45) is 7.05 Å². The van der Waals surface area contributed by atoms with Gasteiger partial charge in [0.2, 0.25) is 5.91 Å². The third kappa shape index (κ3) is 5.42. The van der Waals surface area contributed by atoms with E-state index in [-0.39, 0.29) is 24.5 Å². The Hall–Kier alpha value is -2.80. The van der Waals surface area contributed by atoms with E-state index in [9.17, 15) is 9.59 Å². The first-order valence-corrected chi connectivity index (χ1v) is 10.4. The zero-order valence-corrected chi connectivity index (χ0v) is 18.4. The number of anilines is 1. The van der Waals surface area contributed by atoms with Crippen LogP contribution in [0, 0.1) is 13.8 Å². The smallest absolute Gasteiger partial charge is 0.322 e. The van der Waals surface area contributed by atoms with Crippen molar-refractivity contribution in [3.05, 3.63) is 53.3 Å². The number of benzene rings is 1. The van der Waals surface area contributed by atoms with Crippen molar-refractivity contribution in [1.29, 1.82) is 0 Å². The molecule has 0 aliphatic heterocycles. The van der Waals surface area contributed by atoms with Crippen LogP contribution in [-0.2, 0) is 23.1 Å². The summed E-state index contributed by atoms with van der Waals surface area (Å²) in [6, 6.07) is 9.78. The molecule has 1 aromatic heterocycles. The highest BCUT2D eigenvalue weighted by Crippen LogP contribution is 2.28. The molecule has 3 rings (SSSR count). The minimum atomic E-state index is -0.288. The molecule has 0 atom stereocenters. The Morgan fingerprint density at radius 1 is 1.20 bits per heavy atom. The molecule has 0 unspecified atom stereocenters. The van der Waals surface area contributed by atoms with Gasteiger partial charge in [-0.15, -0.1) is 0 Å². The summed E-state index contributed by atoms with van der Waals surface area (Å²) in [4.78, 5) is 29.6. The van der Waals surface area contributed by atoms with Crippen LogP contribution < -0.4 is 5.32 Å². The van der Waals surface area contributed by atoms with Crippen LogP contribution in [0.15, 0.2) is 36.5 Å². The number of aromatic nitrogens is 1. The second kappa shape index (κ2) is 9.80. The van der Waals surface area contributed by atoms with E-state index in [0.29, 0.717) is 19.7 Å². The number of rotatable bonds is 9. The second-order valence-corrected chi connectivity index (χ2v) is 7.96. The van der Waals surface area contributed by atoms with Crippen molar-refractivity contribution in [2.75, 3.05) is 32.1 Å². The zero-order valence-electron chi connectivity index (χ0n) is 18.4. The van der Waals surface area contributed by atoms with Crippen LogP contribution >= 0.6 is 0 Å². The van der Waals surface area contributed by atoms with Crippen LogP contribution in [0.4, 0.5) is 10.5 Å². The van der Waals surface area contributed by atoms with E-state index in [2.05, 4.69) is 5.32 Å². The number of nitrogens with zero attached hydrogens (tertiary/aromatic N) is 3. The Morgan fingerprint density at radius 3 is 2.60 bits per heavy atom. The van der Waals surface area contributed by atoms with Crippen LogP contribution in [0.1, 0.15) is 29.7 Å². The minimum absolute atomic E-state index is 0.0287. The topological polar surface area (TPSA) is 66.8 Å². The fourth-order valence-electron chi connectivity index (χ4n) is 3.43. The lowest BCUT2D eigenvalue weighted by molar-refractivity contribution is -0.133. The lowest BCUT2D eigenvalue weighted by Crippen LogP contribution is -2.46. The number of ether oxygens (including phenoxy) is 1. The molecule has 1 aromatic carbocycles. The van der Waals surface area contributed by atoms with Crippen molar-refractivity contribution in [3.63, 3.8) is 0 Å². The summed E-state index contributed by atoms with van der Waals surface area (Å²) in [5, 5.41) is 2.96. The Balaban J connectivity index is 1.70. The minimum Gasteiger partial charge on any atom is -0.383 e. The van der Waals surface area contributed by atoms with Gasteiger partial charge in [-0.05, 0) is 56.0 Å². The summed E-state index contributed by atoms with van der Waals surface area (Å²) in [6.45, 7) is 5.29. The van der Waals surface area contributed by atoms with Crippen molar-refractivity contribution in [2.45, 2.75) is 39.3 Å². The lowest BCUT2D eigenvalue weighted by Gasteiger charge is -2.28. The number of carbonyl (C=O) groups is 2. The summed E-state index contributed by atoms with van der Waals surface area (Å²) < 4.78 is 7.19. The third-order valence-electron chi connectivity index (χ3n) is 5.72. The molecule has 0 saturated heterocycles. The maximum atomic E-state index is 13.2. The number of nitrogens with one attached hydrogen (secondary N) is 1. The maximum Gasteiger partial charge on any atom is 0.322 e. The standard InChI is InChI=1S/C23H32N4O3/c1-17-7-5-9-21(18(17)2)24-23(29)26(13-14-30-4)16-22(28)27(19-10-11-19)15-20-8-6-12-25(20)3/h5-9,12,19H,10-11,13-16H2,1-4H3,(H,24,29). The van der Waals surface area contributed by atoms with Crippen LogP contribution in [0.2, 0.25) is 0 Å². The van der Waals surface area contributed by atoms with Gasteiger partial charge in [0.1, 0.15) is 6.54 Å². The summed E-state index contributed by atoms with van der Waals surface area (Å²) in [6.07, 6.45) is 4.01. The molecule has 0 radical (unpaired) electrons. The molecule has 1 N–H and O–H groups in total. The molecule has 2 aromatic rings. The average Bonchev–Trinajstić information content (AvgIpc) is 3.48. The molecule has 7 nitrogen and oxygen atoms in total. The Bertz CT molecular complexity index is 888. The highest BCUT2D eigenvalue weighted by molar-refractivity contribution is 5.93. The van der Waals surface area contributed by atoms with Gasteiger partial charge in [0.05, 0.1) is 13.2 Å². The lowest BCUT2D eigenvalue weighted by atomic mass is 10.1. The Labute approximate surface area is 178 Å². The molecular formula is C23H32N4O3. The highest BCUT2D eigenvalue weighted by Gasteiger charge is 2.34. The number of urea groups is 1. The fourth-order valence-corrected chi connectivity index (χ4v) is 3.43. The summed E-state index contributed by atoms with van der Waals surface area (Å²) in [5.41, 5.74) is 3.97. The average molecular weight is 413 g/mol. The van der Waals surface area contributed by atoms with Crippen molar-refractivity contribution in [3.8, 4) is 0 Å². The number of methoxy groups -OCH3 is 1. The largest absolute Gasteiger partial charge is 0.383 e. The van der Waals surface area contributed by atoms with Gasteiger partial charge in [-0.25, -0.2) is 4.79 Å². The summed E-state index contributed by atoms with van der Waals surface area (Å²) in [5.74, 6) is -0.0362. The van der Waals surface area contributed by atoms with Gasteiger partial charge in [0.15, 0.2) is 0 Å². The van der Waals surface area contributed by atoms with E-state index in [4.69, 9.17) is 4.74 Å². The van der Waals surface area contributed by atoms with Crippen LogP contribution in [0.5, 0.6) is 0 Å². The fraction of sp³-hybridized carbons (Fsp3) is 0.478. The molecular weight excluding hydrogens is 380 g/mol. The van der Waals surface area contributed by atoms with Crippen LogP contribution in [-0.4, -0.2) is 59.2 Å². The van der Waals surface area contributed by atoms with E-state index >= 15 is 0 Å². The molecule has 30 heavy (non-hydrogen) atoms. The number of hydrogen-bond acceptors (Lipinski definition) is 3. The molecule has 1 aliphatic rings. The molecule has 162 valence electrons. The first kappa shape index (κ1) is 21.9.